The zero-order valence-electron chi connectivity index (χ0n) is 10.3. The minimum Gasteiger partial charge on any atom is -0.235 e. The second-order valence-corrected chi connectivity index (χ2v) is 5.46. The Morgan fingerprint density at radius 3 is 2.00 bits per heavy atom. The van der Waals surface area contributed by atoms with Crippen LogP contribution in [-0.4, -0.2) is 11.3 Å². The molecule has 1 atom stereocenters. The highest BCUT2D eigenvalue weighted by Crippen LogP contribution is 2.19. The summed E-state index contributed by atoms with van der Waals surface area (Å²) in [4.78, 5) is 0. The fourth-order valence-electron chi connectivity index (χ4n) is 1.81. The normalized spacial score (nSPS) is 12.3. The summed E-state index contributed by atoms with van der Waals surface area (Å²) in [5.41, 5.74) is 1.53. The summed E-state index contributed by atoms with van der Waals surface area (Å²) >= 11 is 1.40. The van der Waals surface area contributed by atoms with Crippen molar-refractivity contribution in [2.24, 2.45) is 0 Å². The highest BCUT2D eigenvalue weighted by atomic mass is 32.2. The van der Waals surface area contributed by atoms with Gasteiger partial charge in [0, 0.05) is 12.2 Å². The average Bonchev–Trinajstić information content (AvgIpc) is 2.41. The summed E-state index contributed by atoms with van der Waals surface area (Å²) in [6.45, 7) is 0. The zero-order valence-corrected chi connectivity index (χ0v) is 11.1. The van der Waals surface area contributed by atoms with Gasteiger partial charge in [0.05, 0.1) is 0 Å². The van der Waals surface area contributed by atoms with E-state index in [1.54, 1.807) is 0 Å². The van der Waals surface area contributed by atoms with Gasteiger partial charge in [-0.15, -0.1) is 11.8 Å². The molecule has 1 unspecified atom stereocenters. The molecule has 0 aliphatic rings. The molecule has 2 rings (SSSR count). The van der Waals surface area contributed by atoms with Gasteiger partial charge in [-0.1, -0.05) is 60.7 Å². The predicted molar refractivity (Wildman–Crippen MR) is 77.6 cm³/mol. The van der Waals surface area contributed by atoms with Gasteiger partial charge in [-0.25, -0.2) is 4.39 Å². The van der Waals surface area contributed by atoms with Gasteiger partial charge in [0.1, 0.15) is 5.50 Å². The fourth-order valence-corrected chi connectivity index (χ4v) is 2.73. The first-order chi connectivity index (χ1) is 8.84. The molecule has 0 bridgehead atoms. The first kappa shape index (κ1) is 13.2. The third-order valence-corrected chi connectivity index (χ3v) is 3.74. The van der Waals surface area contributed by atoms with E-state index < -0.39 is 5.50 Å². The van der Waals surface area contributed by atoms with Crippen LogP contribution in [0.1, 0.15) is 11.1 Å². The third kappa shape index (κ3) is 4.53. The summed E-state index contributed by atoms with van der Waals surface area (Å²) < 4.78 is 13.8. The second kappa shape index (κ2) is 7.22. The molecule has 0 aromatic heterocycles. The topological polar surface area (TPSA) is 0 Å². The monoisotopic (exact) mass is 260 g/mol. The molecule has 0 aliphatic heterocycles. The molecule has 0 N–H and O–H groups in total. The Morgan fingerprint density at radius 1 is 0.833 bits per heavy atom. The van der Waals surface area contributed by atoms with Gasteiger partial charge < -0.3 is 0 Å². The van der Waals surface area contributed by atoms with Gasteiger partial charge in [0.2, 0.25) is 0 Å². The van der Waals surface area contributed by atoms with E-state index in [1.165, 1.54) is 17.3 Å². The van der Waals surface area contributed by atoms with Crippen molar-refractivity contribution in [3.63, 3.8) is 0 Å². The van der Waals surface area contributed by atoms with E-state index in [0.29, 0.717) is 6.42 Å². The standard InChI is InChI=1S/C16H17FS/c17-16(13-15-9-5-2-6-10-15)18-12-11-14-7-3-1-4-8-14/h1-10,16H,11-13H2. The molecule has 0 radical (unpaired) electrons. The van der Waals surface area contributed by atoms with Crippen molar-refractivity contribution < 1.29 is 4.39 Å². The first-order valence-electron chi connectivity index (χ1n) is 6.18. The van der Waals surface area contributed by atoms with E-state index in [4.69, 9.17) is 0 Å². The van der Waals surface area contributed by atoms with Gasteiger partial charge >= 0.3 is 0 Å². The fraction of sp³-hybridized carbons (Fsp3) is 0.250. The minimum atomic E-state index is -0.809. The number of benzene rings is 2. The molecule has 0 fully saturated rings. The lowest BCUT2D eigenvalue weighted by atomic mass is 10.2. The highest BCUT2D eigenvalue weighted by Gasteiger charge is 2.07. The highest BCUT2D eigenvalue weighted by molar-refractivity contribution is 7.99. The molecular formula is C16H17FS. The zero-order chi connectivity index (χ0) is 12.6. The molecule has 0 heterocycles. The second-order valence-electron chi connectivity index (χ2n) is 4.21. The molecule has 2 aromatic carbocycles. The van der Waals surface area contributed by atoms with Crippen molar-refractivity contribution in [2.45, 2.75) is 18.3 Å². The van der Waals surface area contributed by atoms with Crippen LogP contribution in [0, 0.1) is 0 Å². The number of thioether (sulfide) groups is 1. The van der Waals surface area contributed by atoms with Gasteiger partial charge in [0.25, 0.3) is 0 Å². The summed E-state index contributed by atoms with van der Waals surface area (Å²) in [7, 11) is 0. The minimum absolute atomic E-state index is 0.500. The number of hydrogen-bond acceptors (Lipinski definition) is 1. The van der Waals surface area contributed by atoms with Crippen molar-refractivity contribution in [1.29, 1.82) is 0 Å². The van der Waals surface area contributed by atoms with Gasteiger partial charge in [-0.2, -0.15) is 0 Å². The van der Waals surface area contributed by atoms with Crippen LogP contribution < -0.4 is 0 Å². The van der Waals surface area contributed by atoms with Crippen LogP contribution in [0.15, 0.2) is 60.7 Å². The Morgan fingerprint density at radius 2 is 1.39 bits per heavy atom. The third-order valence-electron chi connectivity index (χ3n) is 2.77. The van der Waals surface area contributed by atoms with Crippen LogP contribution in [0.5, 0.6) is 0 Å². The summed E-state index contributed by atoms with van der Waals surface area (Å²) in [6, 6.07) is 20.1. The first-order valence-corrected chi connectivity index (χ1v) is 7.23. The van der Waals surface area contributed by atoms with E-state index >= 15 is 0 Å². The maximum atomic E-state index is 13.8. The molecule has 0 amide bonds. The quantitative estimate of drug-likeness (QED) is 0.737. The SMILES string of the molecule is FC(Cc1ccccc1)SCCc1ccccc1. The van der Waals surface area contributed by atoms with Crippen molar-refractivity contribution in [2.75, 3.05) is 5.75 Å². The molecule has 18 heavy (non-hydrogen) atoms. The number of aryl methyl sites for hydroxylation is 1. The van der Waals surface area contributed by atoms with Crippen LogP contribution in [0.25, 0.3) is 0 Å². The lowest BCUT2D eigenvalue weighted by Gasteiger charge is -2.08. The lowest BCUT2D eigenvalue weighted by molar-refractivity contribution is 0.451. The number of halogens is 1. The summed E-state index contributed by atoms with van der Waals surface area (Å²) in [5.74, 6) is 0.831. The van der Waals surface area contributed by atoms with E-state index in [-0.39, 0.29) is 0 Å². The Labute approximate surface area is 112 Å². The molecule has 0 aliphatic carbocycles. The molecule has 0 saturated heterocycles. The molecular weight excluding hydrogens is 243 g/mol. The number of hydrogen-bond donors (Lipinski definition) is 0. The van der Waals surface area contributed by atoms with Crippen molar-refractivity contribution >= 4 is 11.8 Å². The van der Waals surface area contributed by atoms with Crippen LogP contribution in [-0.2, 0) is 12.8 Å². The van der Waals surface area contributed by atoms with Gasteiger partial charge in [-0.3, -0.25) is 0 Å². The van der Waals surface area contributed by atoms with E-state index in [1.807, 2.05) is 48.5 Å². The molecule has 0 spiro atoms. The van der Waals surface area contributed by atoms with Crippen LogP contribution in [0.4, 0.5) is 4.39 Å². The maximum Gasteiger partial charge on any atom is 0.150 e. The predicted octanol–water partition coefficient (Wildman–Crippen LogP) is 4.50. The summed E-state index contributed by atoms with van der Waals surface area (Å²) in [6.07, 6.45) is 1.43. The smallest absolute Gasteiger partial charge is 0.150 e. The van der Waals surface area contributed by atoms with E-state index in [0.717, 1.165) is 17.7 Å². The Hall–Kier alpha value is -1.28. The van der Waals surface area contributed by atoms with Crippen molar-refractivity contribution in [1.82, 2.24) is 0 Å². The Bertz CT molecular complexity index is 441. The molecule has 94 valence electrons. The molecule has 2 heteroatoms. The van der Waals surface area contributed by atoms with Crippen molar-refractivity contribution in [3.8, 4) is 0 Å². The van der Waals surface area contributed by atoms with Gasteiger partial charge in [-0.05, 0) is 17.5 Å². The molecule has 2 aromatic rings. The largest absolute Gasteiger partial charge is 0.235 e. The van der Waals surface area contributed by atoms with Crippen LogP contribution in [0.3, 0.4) is 0 Å². The average molecular weight is 260 g/mol. The Kier molecular flexibility index (Phi) is 5.28. The molecule has 0 nitrogen and oxygen atoms in total. The maximum absolute atomic E-state index is 13.8. The van der Waals surface area contributed by atoms with Crippen molar-refractivity contribution in [3.05, 3.63) is 71.8 Å². The molecule has 0 saturated carbocycles. The van der Waals surface area contributed by atoms with E-state index in [2.05, 4.69) is 12.1 Å². The summed E-state index contributed by atoms with van der Waals surface area (Å²) in [5, 5.41) is 0. The number of rotatable bonds is 6. The Balaban J connectivity index is 1.71. The number of alkyl halides is 1. The van der Waals surface area contributed by atoms with Crippen LogP contribution in [0.2, 0.25) is 0 Å². The van der Waals surface area contributed by atoms with E-state index in [9.17, 15) is 4.39 Å². The van der Waals surface area contributed by atoms with Gasteiger partial charge in [0.15, 0.2) is 0 Å². The lowest BCUT2D eigenvalue weighted by Crippen LogP contribution is -2.02. The van der Waals surface area contributed by atoms with Crippen LogP contribution >= 0.6 is 11.8 Å².